The van der Waals surface area contributed by atoms with Gasteiger partial charge < -0.3 is 18.3 Å². The fraction of sp³-hybridized carbons (Fsp3) is 0.667. The predicted molar refractivity (Wildman–Crippen MR) is 185 cm³/mol. The van der Waals surface area contributed by atoms with Crippen LogP contribution in [0.5, 0.6) is 0 Å². The Morgan fingerprint density at radius 3 is 2.21 bits per heavy atom. The lowest BCUT2D eigenvalue weighted by Crippen LogP contribution is -2.59. The zero-order valence-electron chi connectivity index (χ0n) is 30.3. The fourth-order valence-electron chi connectivity index (χ4n) is 13.3. The third-order valence-electron chi connectivity index (χ3n) is 15.8. The molecule has 0 bridgehead atoms. The van der Waals surface area contributed by atoms with Crippen molar-refractivity contribution >= 4 is 22.9 Å². The van der Waals surface area contributed by atoms with Gasteiger partial charge >= 0.3 is 11.9 Å². The molecule has 0 radical (unpaired) electrons. The molecule has 48 heavy (non-hydrogen) atoms. The summed E-state index contributed by atoms with van der Waals surface area (Å²) in [6.07, 6.45) is 12.8. The Morgan fingerprint density at radius 1 is 0.812 bits per heavy atom. The van der Waals surface area contributed by atoms with Gasteiger partial charge in [0.1, 0.15) is 17.1 Å². The number of benzene rings is 1. The summed E-state index contributed by atoms with van der Waals surface area (Å²) in [5.41, 5.74) is 4.93. The number of aryl methyl sites for hydroxylation is 1. The summed E-state index contributed by atoms with van der Waals surface area (Å²) in [5.74, 6) is 3.22. The number of furan rings is 2. The Hall–Kier alpha value is -3.02. The first-order valence-electron chi connectivity index (χ1n) is 18.6. The highest BCUT2D eigenvalue weighted by atomic mass is 16.5. The minimum atomic E-state index is -0.475. The molecule has 2 heterocycles. The topological polar surface area (TPSA) is 78.9 Å². The minimum Gasteiger partial charge on any atom is -0.469 e. The van der Waals surface area contributed by atoms with Gasteiger partial charge in [0, 0.05) is 17.4 Å². The fourth-order valence-corrected chi connectivity index (χ4v) is 13.3. The molecule has 6 nitrogen and oxygen atoms in total. The van der Waals surface area contributed by atoms with E-state index in [4.69, 9.17) is 18.3 Å². The number of hydrogen-bond donors (Lipinski definition) is 0. The van der Waals surface area contributed by atoms with Crippen molar-refractivity contribution in [2.45, 2.75) is 123 Å². The zero-order valence-corrected chi connectivity index (χ0v) is 30.3. The van der Waals surface area contributed by atoms with Crippen molar-refractivity contribution in [1.29, 1.82) is 0 Å². The molecule has 0 N–H and O–H groups in total. The Morgan fingerprint density at radius 2 is 1.50 bits per heavy atom. The number of carbonyl (C=O) groups excluding carboxylic acids is 2. The van der Waals surface area contributed by atoms with Gasteiger partial charge in [0.05, 0.1) is 36.7 Å². The number of methoxy groups -OCH3 is 2. The zero-order chi connectivity index (χ0) is 34.0. The van der Waals surface area contributed by atoms with Gasteiger partial charge in [0.25, 0.3) is 0 Å². The second kappa shape index (κ2) is 10.5. The quantitative estimate of drug-likeness (QED) is 0.262. The summed E-state index contributed by atoms with van der Waals surface area (Å²) in [7, 11) is 3.08. The Kier molecular flexibility index (Phi) is 7.04. The lowest BCUT2D eigenvalue weighted by molar-refractivity contribution is -0.176. The summed E-state index contributed by atoms with van der Waals surface area (Å²) in [4.78, 5) is 26.5. The summed E-state index contributed by atoms with van der Waals surface area (Å²) < 4.78 is 24.3. The van der Waals surface area contributed by atoms with Gasteiger partial charge in [-0.05, 0) is 148 Å². The van der Waals surface area contributed by atoms with E-state index in [1.165, 1.54) is 34.7 Å². The summed E-state index contributed by atoms with van der Waals surface area (Å²) in [6, 6.07) is 6.88. The van der Waals surface area contributed by atoms with Crippen LogP contribution in [0.25, 0.3) is 11.0 Å². The standard InChI is InChI=1S/C42H54O6/c1-24-25-11-13-33-38(2,16-9-18-40(33,4)36(43)45-7)29(25)22-31-26(24)21-35(48-31)42(6)27-12-14-34-39(3,17-10-19-41(34,5)37(44)46-8)30(27)23-32-28(42)15-20-47-32/h15,20-22,27,30,33-34H,9-14,16-19,23H2,1-8H3. The third-order valence-corrected chi connectivity index (χ3v) is 15.8. The summed E-state index contributed by atoms with van der Waals surface area (Å²) in [6.45, 7) is 13.8. The summed E-state index contributed by atoms with van der Waals surface area (Å²) >= 11 is 0. The molecule has 5 aliphatic rings. The minimum absolute atomic E-state index is 0.00621. The Labute approximate surface area is 285 Å². The predicted octanol–water partition coefficient (Wildman–Crippen LogP) is 9.39. The molecule has 6 heteroatoms. The van der Waals surface area contributed by atoms with Crippen molar-refractivity contribution in [3.05, 3.63) is 58.2 Å². The molecule has 258 valence electrons. The molecule has 2 aromatic heterocycles. The highest BCUT2D eigenvalue weighted by Gasteiger charge is 2.64. The van der Waals surface area contributed by atoms with Crippen molar-refractivity contribution in [1.82, 2.24) is 0 Å². The van der Waals surface area contributed by atoms with E-state index in [0.29, 0.717) is 11.8 Å². The first-order valence-corrected chi connectivity index (χ1v) is 18.6. The molecule has 9 atom stereocenters. The monoisotopic (exact) mass is 654 g/mol. The maximum absolute atomic E-state index is 13.3. The van der Waals surface area contributed by atoms with E-state index < -0.39 is 10.8 Å². The van der Waals surface area contributed by atoms with Crippen molar-refractivity contribution < 1.29 is 27.9 Å². The van der Waals surface area contributed by atoms with Gasteiger partial charge in [0.2, 0.25) is 0 Å². The van der Waals surface area contributed by atoms with Crippen LogP contribution in [0.3, 0.4) is 0 Å². The molecule has 5 aliphatic carbocycles. The molecular formula is C42H54O6. The highest BCUT2D eigenvalue weighted by Crippen LogP contribution is 2.67. The van der Waals surface area contributed by atoms with Gasteiger partial charge in [-0.15, -0.1) is 0 Å². The van der Waals surface area contributed by atoms with Crippen LogP contribution in [-0.4, -0.2) is 26.2 Å². The van der Waals surface area contributed by atoms with Crippen LogP contribution in [0.1, 0.15) is 126 Å². The van der Waals surface area contributed by atoms with E-state index in [1.807, 2.05) is 6.26 Å². The normalized spacial score (nSPS) is 40.2. The maximum Gasteiger partial charge on any atom is 0.311 e. The molecule has 8 rings (SSSR count). The van der Waals surface area contributed by atoms with Gasteiger partial charge in [-0.2, -0.15) is 0 Å². The average Bonchev–Trinajstić information content (AvgIpc) is 3.73. The van der Waals surface area contributed by atoms with Crippen LogP contribution in [0, 0.1) is 46.8 Å². The molecule has 3 aromatic rings. The van der Waals surface area contributed by atoms with Crippen LogP contribution in [0.4, 0.5) is 0 Å². The number of carbonyl (C=O) groups is 2. The number of fused-ring (bicyclic) bond motifs is 8. The van der Waals surface area contributed by atoms with E-state index in [-0.39, 0.29) is 40.0 Å². The molecule has 0 saturated heterocycles. The molecule has 0 aliphatic heterocycles. The molecule has 9 unspecified atom stereocenters. The average molecular weight is 655 g/mol. The first kappa shape index (κ1) is 32.2. The largest absolute Gasteiger partial charge is 0.469 e. The van der Waals surface area contributed by atoms with Gasteiger partial charge in [-0.3, -0.25) is 9.59 Å². The molecule has 3 fully saturated rings. The summed E-state index contributed by atoms with van der Waals surface area (Å²) in [5, 5.41) is 1.21. The number of hydrogen-bond acceptors (Lipinski definition) is 6. The van der Waals surface area contributed by atoms with E-state index in [1.54, 1.807) is 7.11 Å². The molecule has 3 saturated carbocycles. The van der Waals surface area contributed by atoms with Crippen LogP contribution >= 0.6 is 0 Å². The SMILES string of the molecule is COC(=O)C1(C)CCCC2(C)c3cc4oc(C5(C)c6ccoc6CC6C5CCC5C(C)(C(=O)OC)CCCC65C)cc4c(C)c3CCC12. The van der Waals surface area contributed by atoms with E-state index >= 15 is 0 Å². The molecular weight excluding hydrogens is 600 g/mol. The van der Waals surface area contributed by atoms with Crippen molar-refractivity contribution in [2.24, 2.45) is 39.9 Å². The second-order valence-corrected chi connectivity index (χ2v) is 17.6. The van der Waals surface area contributed by atoms with Crippen LogP contribution in [0.2, 0.25) is 0 Å². The van der Waals surface area contributed by atoms with Gasteiger partial charge in [-0.25, -0.2) is 0 Å². The smallest absolute Gasteiger partial charge is 0.311 e. The lowest BCUT2D eigenvalue weighted by Gasteiger charge is -2.62. The van der Waals surface area contributed by atoms with Gasteiger partial charge in [0.15, 0.2) is 0 Å². The molecule has 0 spiro atoms. The number of rotatable bonds is 3. The Bertz CT molecular complexity index is 1810. The highest BCUT2D eigenvalue weighted by molar-refractivity contribution is 5.86. The second-order valence-electron chi connectivity index (χ2n) is 17.6. The van der Waals surface area contributed by atoms with Crippen molar-refractivity contribution in [2.75, 3.05) is 14.2 Å². The first-order chi connectivity index (χ1) is 22.8. The Balaban J connectivity index is 1.24. The number of esters is 2. The van der Waals surface area contributed by atoms with Crippen molar-refractivity contribution in [3.63, 3.8) is 0 Å². The van der Waals surface area contributed by atoms with Crippen LogP contribution < -0.4 is 0 Å². The lowest BCUT2D eigenvalue weighted by atomic mass is 9.41. The van der Waals surface area contributed by atoms with E-state index in [9.17, 15) is 9.59 Å². The maximum atomic E-state index is 13.3. The van der Waals surface area contributed by atoms with Gasteiger partial charge in [-0.1, -0.05) is 26.7 Å². The molecule has 0 amide bonds. The number of ether oxygens (including phenoxy) is 2. The van der Waals surface area contributed by atoms with E-state index in [2.05, 4.69) is 59.7 Å². The van der Waals surface area contributed by atoms with Crippen LogP contribution in [0.15, 0.2) is 33.3 Å². The van der Waals surface area contributed by atoms with E-state index in [0.717, 1.165) is 87.7 Å². The molecule has 1 aromatic carbocycles. The van der Waals surface area contributed by atoms with Crippen LogP contribution in [-0.2, 0) is 42.7 Å². The van der Waals surface area contributed by atoms with Crippen molar-refractivity contribution in [3.8, 4) is 0 Å². The third kappa shape index (κ3) is 3.92.